The number of fused-ring (bicyclic) bond motifs is 6. The highest BCUT2D eigenvalue weighted by atomic mass is 15.1. The summed E-state index contributed by atoms with van der Waals surface area (Å²) in [4.78, 5) is 2.36. The molecular formula is C62H43N. The first-order chi connectivity index (χ1) is 31.2. The van der Waals surface area contributed by atoms with E-state index in [-0.39, 0.29) is 0 Å². The van der Waals surface area contributed by atoms with E-state index in [0.29, 0.717) is 0 Å². The molecule has 0 fully saturated rings. The Labute approximate surface area is 369 Å². The quantitative estimate of drug-likeness (QED) is 0.148. The lowest BCUT2D eigenvalue weighted by Gasteiger charge is -2.26. The van der Waals surface area contributed by atoms with Gasteiger partial charge in [0.25, 0.3) is 0 Å². The van der Waals surface area contributed by atoms with Crippen LogP contribution >= 0.6 is 0 Å². The SMILES string of the molecule is c1ccc(-c2ccc(N(c3ccc(-c4cccc(-c5ccc6c(c5)-c5ccccc5C6)c4)cc3)c3ccc(-c4cccc(-c5ccc6c(c5)-c5ccccc5C6)c4)cc3)cc2)cc1. The van der Waals surface area contributed by atoms with Crippen molar-refractivity contribution in [1.82, 2.24) is 0 Å². The van der Waals surface area contributed by atoms with Crippen molar-refractivity contribution in [3.05, 3.63) is 259 Å². The van der Waals surface area contributed by atoms with E-state index in [4.69, 9.17) is 0 Å². The summed E-state index contributed by atoms with van der Waals surface area (Å²) in [5, 5.41) is 0. The lowest BCUT2D eigenvalue weighted by atomic mass is 9.95. The van der Waals surface area contributed by atoms with Gasteiger partial charge in [-0.2, -0.15) is 0 Å². The Hall–Kier alpha value is -8.00. The molecule has 0 saturated heterocycles. The molecule has 0 aliphatic heterocycles. The van der Waals surface area contributed by atoms with Gasteiger partial charge in [-0.15, -0.1) is 0 Å². The summed E-state index contributed by atoms with van der Waals surface area (Å²) in [6.07, 6.45) is 2.02. The third-order valence-corrected chi connectivity index (χ3v) is 13.1. The molecule has 63 heavy (non-hydrogen) atoms. The minimum atomic E-state index is 1.01. The smallest absolute Gasteiger partial charge is 0.0462 e. The lowest BCUT2D eigenvalue weighted by Crippen LogP contribution is -2.09. The highest BCUT2D eigenvalue weighted by Crippen LogP contribution is 2.42. The lowest BCUT2D eigenvalue weighted by molar-refractivity contribution is 1.26. The van der Waals surface area contributed by atoms with E-state index in [9.17, 15) is 0 Å². The molecule has 12 rings (SSSR count). The molecule has 1 heteroatoms. The molecule has 2 aliphatic rings. The molecule has 1 nitrogen and oxygen atoms in total. The van der Waals surface area contributed by atoms with Crippen LogP contribution in [0.15, 0.2) is 237 Å². The first-order valence-corrected chi connectivity index (χ1v) is 22.0. The van der Waals surface area contributed by atoms with Crippen LogP contribution in [0.25, 0.3) is 77.9 Å². The molecule has 0 heterocycles. The highest BCUT2D eigenvalue weighted by Gasteiger charge is 2.20. The number of nitrogens with zero attached hydrogens (tertiary/aromatic N) is 1. The molecule has 0 atom stereocenters. The molecule has 0 spiro atoms. The largest absolute Gasteiger partial charge is 0.311 e. The van der Waals surface area contributed by atoms with Crippen LogP contribution in [0, 0.1) is 0 Å². The molecule has 10 aromatic carbocycles. The summed E-state index contributed by atoms with van der Waals surface area (Å²) in [6, 6.07) is 87.1. The summed E-state index contributed by atoms with van der Waals surface area (Å²) in [5.74, 6) is 0. The third kappa shape index (κ3) is 6.85. The van der Waals surface area contributed by atoms with Gasteiger partial charge in [0.2, 0.25) is 0 Å². The molecule has 0 aromatic heterocycles. The van der Waals surface area contributed by atoms with E-state index >= 15 is 0 Å². The van der Waals surface area contributed by atoms with E-state index in [1.165, 1.54) is 100 Å². The minimum absolute atomic E-state index is 1.01. The monoisotopic (exact) mass is 801 g/mol. The summed E-state index contributed by atoms with van der Waals surface area (Å²) in [7, 11) is 0. The van der Waals surface area contributed by atoms with Crippen LogP contribution in [-0.4, -0.2) is 0 Å². The summed E-state index contributed by atoms with van der Waals surface area (Å²) in [6.45, 7) is 0. The topological polar surface area (TPSA) is 3.24 Å². The molecule has 0 amide bonds. The zero-order chi connectivity index (χ0) is 41.7. The maximum Gasteiger partial charge on any atom is 0.0462 e. The van der Waals surface area contributed by atoms with Gasteiger partial charge in [-0.25, -0.2) is 0 Å². The first-order valence-electron chi connectivity index (χ1n) is 22.0. The number of rotatable bonds is 8. The standard InChI is InChI=1S/C62H43N/c1-2-10-42(11-3-1)43-24-30-56(31-25-43)63(57-32-26-44(27-33-57)46-14-8-16-48(36-46)50-20-22-54-38-52-12-4-6-18-59(52)61(54)40-50)58-34-28-45(29-35-58)47-15-9-17-49(37-47)51-21-23-55-39-53-13-5-7-19-60(53)62(55)41-51/h1-37,40-41H,38-39H2. The van der Waals surface area contributed by atoms with E-state index in [0.717, 1.165) is 29.9 Å². The van der Waals surface area contributed by atoms with E-state index in [2.05, 4.69) is 241 Å². The molecule has 296 valence electrons. The predicted octanol–water partition coefficient (Wildman–Crippen LogP) is 16.6. The van der Waals surface area contributed by atoms with Gasteiger partial charge in [0.05, 0.1) is 0 Å². The fourth-order valence-electron chi connectivity index (χ4n) is 9.85. The van der Waals surface area contributed by atoms with Gasteiger partial charge < -0.3 is 4.90 Å². The Morgan fingerprint density at radius 3 is 0.952 bits per heavy atom. The minimum Gasteiger partial charge on any atom is -0.311 e. The Balaban J connectivity index is 0.858. The van der Waals surface area contributed by atoms with Crippen LogP contribution in [0.5, 0.6) is 0 Å². The maximum absolute atomic E-state index is 2.37. The summed E-state index contributed by atoms with van der Waals surface area (Å²) < 4.78 is 0. The normalized spacial score (nSPS) is 12.0. The van der Waals surface area contributed by atoms with Crippen molar-refractivity contribution in [2.45, 2.75) is 12.8 Å². The Kier molecular flexibility index (Phi) is 9.04. The predicted molar refractivity (Wildman–Crippen MR) is 265 cm³/mol. The van der Waals surface area contributed by atoms with Crippen LogP contribution in [0.4, 0.5) is 17.1 Å². The Morgan fingerprint density at radius 1 is 0.206 bits per heavy atom. The van der Waals surface area contributed by atoms with Gasteiger partial charge in [0.1, 0.15) is 0 Å². The molecule has 0 unspecified atom stereocenters. The van der Waals surface area contributed by atoms with Gasteiger partial charge in [0, 0.05) is 17.1 Å². The maximum atomic E-state index is 2.37. The first kappa shape index (κ1) is 36.8. The van der Waals surface area contributed by atoms with Crippen LogP contribution < -0.4 is 4.90 Å². The summed E-state index contributed by atoms with van der Waals surface area (Å²) >= 11 is 0. The molecule has 2 aliphatic carbocycles. The van der Waals surface area contributed by atoms with Gasteiger partial charge in [-0.3, -0.25) is 0 Å². The second kappa shape index (κ2) is 15.5. The van der Waals surface area contributed by atoms with Crippen LogP contribution in [0.1, 0.15) is 22.3 Å². The van der Waals surface area contributed by atoms with Crippen LogP contribution in [-0.2, 0) is 12.8 Å². The number of anilines is 3. The Morgan fingerprint density at radius 2 is 0.508 bits per heavy atom. The number of hydrogen-bond donors (Lipinski definition) is 0. The number of benzene rings is 10. The Bertz CT molecular complexity index is 3120. The fraction of sp³-hybridized carbons (Fsp3) is 0.0323. The molecule has 0 bridgehead atoms. The summed E-state index contributed by atoms with van der Waals surface area (Å²) in [5.41, 5.74) is 26.6. The van der Waals surface area contributed by atoms with Gasteiger partial charge >= 0.3 is 0 Å². The zero-order valence-electron chi connectivity index (χ0n) is 34.9. The molecule has 0 N–H and O–H groups in total. The average molecular weight is 802 g/mol. The zero-order valence-corrected chi connectivity index (χ0v) is 34.9. The van der Waals surface area contributed by atoms with Crippen molar-refractivity contribution in [2.75, 3.05) is 4.90 Å². The average Bonchev–Trinajstić information content (AvgIpc) is 3.93. The highest BCUT2D eigenvalue weighted by molar-refractivity contribution is 5.86. The van der Waals surface area contributed by atoms with Crippen molar-refractivity contribution in [3.63, 3.8) is 0 Å². The number of hydrogen-bond acceptors (Lipinski definition) is 1. The van der Waals surface area contributed by atoms with Crippen LogP contribution in [0.2, 0.25) is 0 Å². The van der Waals surface area contributed by atoms with Gasteiger partial charge in [-0.05, 0) is 174 Å². The van der Waals surface area contributed by atoms with Crippen molar-refractivity contribution < 1.29 is 0 Å². The van der Waals surface area contributed by atoms with Crippen LogP contribution in [0.3, 0.4) is 0 Å². The van der Waals surface area contributed by atoms with E-state index < -0.39 is 0 Å². The van der Waals surface area contributed by atoms with Gasteiger partial charge in [-0.1, -0.05) is 176 Å². The fourth-order valence-corrected chi connectivity index (χ4v) is 9.85. The second-order valence-electron chi connectivity index (χ2n) is 16.9. The van der Waals surface area contributed by atoms with E-state index in [1.54, 1.807) is 0 Å². The van der Waals surface area contributed by atoms with Crippen molar-refractivity contribution in [1.29, 1.82) is 0 Å². The van der Waals surface area contributed by atoms with Crippen molar-refractivity contribution in [3.8, 4) is 77.9 Å². The van der Waals surface area contributed by atoms with Crippen molar-refractivity contribution in [2.24, 2.45) is 0 Å². The second-order valence-corrected chi connectivity index (χ2v) is 16.9. The van der Waals surface area contributed by atoms with Gasteiger partial charge in [0.15, 0.2) is 0 Å². The van der Waals surface area contributed by atoms with Crippen molar-refractivity contribution >= 4 is 17.1 Å². The molecule has 0 saturated carbocycles. The molecule has 0 radical (unpaired) electrons. The third-order valence-electron chi connectivity index (χ3n) is 13.1. The molecular weight excluding hydrogens is 759 g/mol. The molecule has 10 aromatic rings. The van der Waals surface area contributed by atoms with E-state index in [1.807, 2.05) is 0 Å².